The number of hydrogen-bond donors (Lipinski definition) is 1. The molecule has 2 heterocycles. The Kier molecular flexibility index (Phi) is 4.96. The SMILES string of the molecule is CCn1c(-c2ccc(C(=O)N3CCOCC3)cc2)c(N)c2ccc(OC)cc21. The first-order chi connectivity index (χ1) is 13.6. The van der Waals surface area contributed by atoms with Gasteiger partial charge in [0.05, 0.1) is 37.2 Å². The molecule has 2 N–H and O–H groups in total. The van der Waals surface area contributed by atoms with Crippen LogP contribution in [0.25, 0.3) is 22.2 Å². The van der Waals surface area contributed by atoms with E-state index in [2.05, 4.69) is 11.5 Å². The average Bonchev–Trinajstić information content (AvgIpc) is 3.04. The molecule has 4 rings (SSSR count). The van der Waals surface area contributed by atoms with Gasteiger partial charge in [-0.25, -0.2) is 0 Å². The highest BCUT2D eigenvalue weighted by atomic mass is 16.5. The quantitative estimate of drug-likeness (QED) is 0.754. The zero-order valence-corrected chi connectivity index (χ0v) is 16.3. The Labute approximate surface area is 164 Å². The Morgan fingerprint density at radius 2 is 1.86 bits per heavy atom. The number of benzene rings is 2. The third-order valence-electron chi connectivity index (χ3n) is 5.33. The van der Waals surface area contributed by atoms with Gasteiger partial charge in [-0.3, -0.25) is 4.79 Å². The van der Waals surface area contributed by atoms with Crippen LogP contribution in [0.1, 0.15) is 17.3 Å². The molecule has 1 aromatic heterocycles. The third kappa shape index (κ3) is 3.10. The minimum Gasteiger partial charge on any atom is -0.497 e. The number of aromatic nitrogens is 1. The summed E-state index contributed by atoms with van der Waals surface area (Å²) in [5.74, 6) is 0.848. The van der Waals surface area contributed by atoms with E-state index in [-0.39, 0.29) is 5.91 Å². The summed E-state index contributed by atoms with van der Waals surface area (Å²) in [6, 6.07) is 13.6. The lowest BCUT2D eigenvalue weighted by atomic mass is 10.1. The van der Waals surface area contributed by atoms with Crippen molar-refractivity contribution in [3.63, 3.8) is 0 Å². The van der Waals surface area contributed by atoms with E-state index in [1.807, 2.05) is 47.4 Å². The number of rotatable bonds is 4. The molecule has 2 aromatic carbocycles. The van der Waals surface area contributed by atoms with Crippen molar-refractivity contribution >= 4 is 22.5 Å². The average molecular weight is 379 g/mol. The van der Waals surface area contributed by atoms with Crippen molar-refractivity contribution in [2.45, 2.75) is 13.5 Å². The normalized spacial score (nSPS) is 14.4. The van der Waals surface area contributed by atoms with Gasteiger partial charge in [-0.1, -0.05) is 12.1 Å². The van der Waals surface area contributed by atoms with Crippen molar-refractivity contribution < 1.29 is 14.3 Å². The topological polar surface area (TPSA) is 69.7 Å². The van der Waals surface area contributed by atoms with Gasteiger partial charge < -0.3 is 24.7 Å². The van der Waals surface area contributed by atoms with E-state index in [1.165, 1.54) is 0 Å². The van der Waals surface area contributed by atoms with Gasteiger partial charge in [0.15, 0.2) is 0 Å². The van der Waals surface area contributed by atoms with Crippen LogP contribution in [0.4, 0.5) is 5.69 Å². The Hall–Kier alpha value is -2.99. The second kappa shape index (κ2) is 7.56. The predicted molar refractivity (Wildman–Crippen MR) is 111 cm³/mol. The molecule has 1 aliphatic heterocycles. The van der Waals surface area contributed by atoms with Gasteiger partial charge in [-0.05, 0) is 31.2 Å². The van der Waals surface area contributed by atoms with Gasteiger partial charge in [0.1, 0.15) is 5.75 Å². The van der Waals surface area contributed by atoms with E-state index in [4.69, 9.17) is 15.2 Å². The Morgan fingerprint density at radius 3 is 2.50 bits per heavy atom. The molecule has 3 aromatic rings. The van der Waals surface area contributed by atoms with E-state index >= 15 is 0 Å². The number of nitrogens with two attached hydrogens (primary N) is 1. The molecule has 1 aliphatic rings. The maximum atomic E-state index is 12.7. The van der Waals surface area contributed by atoms with E-state index in [1.54, 1.807) is 7.11 Å². The molecule has 0 spiro atoms. The number of carbonyl (C=O) groups excluding carboxylic acids is 1. The van der Waals surface area contributed by atoms with Crippen LogP contribution in [0, 0.1) is 0 Å². The Bertz CT molecular complexity index is 1000. The monoisotopic (exact) mass is 379 g/mol. The number of hydrogen-bond acceptors (Lipinski definition) is 4. The minimum atomic E-state index is 0.0450. The van der Waals surface area contributed by atoms with E-state index in [0.29, 0.717) is 31.9 Å². The number of methoxy groups -OCH3 is 1. The summed E-state index contributed by atoms with van der Waals surface area (Å²) < 4.78 is 12.9. The first-order valence-electron chi connectivity index (χ1n) is 9.57. The molecular formula is C22H25N3O3. The third-order valence-corrected chi connectivity index (χ3v) is 5.33. The lowest BCUT2D eigenvalue weighted by Crippen LogP contribution is -2.40. The van der Waals surface area contributed by atoms with Crippen LogP contribution in [-0.2, 0) is 11.3 Å². The fourth-order valence-electron chi connectivity index (χ4n) is 3.84. The van der Waals surface area contributed by atoms with Crippen LogP contribution in [0.3, 0.4) is 0 Å². The summed E-state index contributed by atoms with van der Waals surface area (Å²) >= 11 is 0. The lowest BCUT2D eigenvalue weighted by molar-refractivity contribution is 0.0303. The van der Waals surface area contributed by atoms with Crippen molar-refractivity contribution in [3.05, 3.63) is 48.0 Å². The van der Waals surface area contributed by atoms with Crippen molar-refractivity contribution in [1.29, 1.82) is 0 Å². The molecule has 0 bridgehead atoms. The number of nitrogen functional groups attached to an aromatic ring is 1. The van der Waals surface area contributed by atoms with Crippen LogP contribution in [0.5, 0.6) is 5.75 Å². The standard InChI is InChI=1S/C22H25N3O3/c1-3-25-19-14-17(27-2)8-9-18(19)20(23)21(25)15-4-6-16(7-5-15)22(26)24-10-12-28-13-11-24/h4-9,14H,3,10-13,23H2,1-2H3. The lowest BCUT2D eigenvalue weighted by Gasteiger charge is -2.26. The minimum absolute atomic E-state index is 0.0450. The number of nitrogens with zero attached hydrogens (tertiary/aromatic N) is 2. The molecule has 1 fully saturated rings. The largest absolute Gasteiger partial charge is 0.497 e. The predicted octanol–water partition coefficient (Wildman–Crippen LogP) is 3.39. The number of morpholine rings is 1. The molecule has 146 valence electrons. The second-order valence-corrected chi connectivity index (χ2v) is 6.87. The van der Waals surface area contributed by atoms with Gasteiger partial charge in [0.25, 0.3) is 5.91 Å². The molecular weight excluding hydrogens is 354 g/mol. The molecule has 0 aliphatic carbocycles. The fraction of sp³-hybridized carbons (Fsp3) is 0.318. The van der Waals surface area contributed by atoms with Crippen LogP contribution >= 0.6 is 0 Å². The Morgan fingerprint density at radius 1 is 1.14 bits per heavy atom. The molecule has 6 heteroatoms. The van der Waals surface area contributed by atoms with Crippen LogP contribution in [0.15, 0.2) is 42.5 Å². The molecule has 1 saturated heterocycles. The summed E-state index contributed by atoms with van der Waals surface area (Å²) in [6.45, 7) is 5.35. The molecule has 28 heavy (non-hydrogen) atoms. The summed E-state index contributed by atoms with van der Waals surface area (Å²) in [7, 11) is 1.66. The molecule has 0 atom stereocenters. The van der Waals surface area contributed by atoms with E-state index in [0.717, 1.165) is 40.1 Å². The van der Waals surface area contributed by atoms with Gasteiger partial charge in [-0.15, -0.1) is 0 Å². The van der Waals surface area contributed by atoms with Crippen LogP contribution in [-0.4, -0.2) is 48.8 Å². The highest BCUT2D eigenvalue weighted by Gasteiger charge is 2.20. The highest BCUT2D eigenvalue weighted by Crippen LogP contribution is 2.37. The van der Waals surface area contributed by atoms with Gasteiger partial charge in [-0.2, -0.15) is 0 Å². The van der Waals surface area contributed by atoms with Crippen LogP contribution < -0.4 is 10.5 Å². The number of fused-ring (bicyclic) bond motifs is 1. The second-order valence-electron chi connectivity index (χ2n) is 6.87. The fourth-order valence-corrected chi connectivity index (χ4v) is 3.84. The maximum absolute atomic E-state index is 12.7. The smallest absolute Gasteiger partial charge is 0.254 e. The van der Waals surface area contributed by atoms with Crippen LogP contribution in [0.2, 0.25) is 0 Å². The highest BCUT2D eigenvalue weighted by molar-refractivity contribution is 6.02. The summed E-state index contributed by atoms with van der Waals surface area (Å²) in [5, 5.41) is 1.01. The van der Waals surface area contributed by atoms with Gasteiger partial charge >= 0.3 is 0 Å². The molecule has 1 amide bonds. The summed E-state index contributed by atoms with van der Waals surface area (Å²) in [4.78, 5) is 14.5. The molecule has 0 unspecified atom stereocenters. The van der Waals surface area contributed by atoms with Crippen molar-refractivity contribution in [1.82, 2.24) is 9.47 Å². The van der Waals surface area contributed by atoms with Crippen molar-refractivity contribution in [3.8, 4) is 17.0 Å². The van der Waals surface area contributed by atoms with E-state index < -0.39 is 0 Å². The Balaban J connectivity index is 1.72. The number of anilines is 1. The number of ether oxygens (including phenoxy) is 2. The van der Waals surface area contributed by atoms with Gasteiger partial charge in [0, 0.05) is 42.2 Å². The zero-order valence-electron chi connectivity index (χ0n) is 16.3. The van der Waals surface area contributed by atoms with Crippen molar-refractivity contribution in [2.75, 3.05) is 39.1 Å². The number of aryl methyl sites for hydroxylation is 1. The van der Waals surface area contributed by atoms with Gasteiger partial charge in [0.2, 0.25) is 0 Å². The number of carbonyl (C=O) groups is 1. The molecule has 6 nitrogen and oxygen atoms in total. The molecule has 0 saturated carbocycles. The molecule has 0 radical (unpaired) electrons. The number of amides is 1. The zero-order chi connectivity index (χ0) is 19.7. The first-order valence-corrected chi connectivity index (χ1v) is 9.57. The summed E-state index contributed by atoms with van der Waals surface area (Å²) in [6.07, 6.45) is 0. The maximum Gasteiger partial charge on any atom is 0.254 e. The first kappa shape index (κ1) is 18.4. The van der Waals surface area contributed by atoms with Crippen molar-refractivity contribution in [2.24, 2.45) is 0 Å². The van der Waals surface area contributed by atoms with E-state index in [9.17, 15) is 4.79 Å². The summed E-state index contributed by atoms with van der Waals surface area (Å²) in [5.41, 5.74) is 10.9.